The molecule has 0 aliphatic carbocycles. The van der Waals surface area contributed by atoms with Crippen molar-refractivity contribution in [3.8, 4) is 0 Å². The number of hydrogen-bond donors (Lipinski definition) is 6. The molecular weight excluding hydrogens is 681 g/mol. The molecule has 0 bridgehead atoms. The number of carbonyl (C=O) groups is 6. The average molecular weight is 707 g/mol. The predicted octanol–water partition coefficient (Wildman–Crippen LogP) is -0.123. The van der Waals surface area contributed by atoms with Crippen molar-refractivity contribution in [2.75, 3.05) is 23.4 Å². The summed E-state index contributed by atoms with van der Waals surface area (Å²) >= 11 is 2.62. The Kier molecular flexibility index (Phi) is 12.1. The van der Waals surface area contributed by atoms with Gasteiger partial charge in [0.05, 0.1) is 6.42 Å². The standard InChI is InChI=1S/C22H24N8O8S2.C2HF3O2/c1-29-21(26-27-28-29)40-9-11-8-39-18-15(17(32)30(18)16(11)20(35)36)25-14(31)6-10-2-4-12(5-3-10)24-22(37)38-7-13(23)19(33)34;3-2(4,5)1(6)7/h2-5,13,15,18H,6-9,23H2,1H3,(H,24,37)(H,25,31)(H,33,34)(H,35,36);(H,6,7)/t13-,15-,18-;/m1./s1. The third-order valence-electron chi connectivity index (χ3n) is 6.04. The highest BCUT2D eigenvalue weighted by molar-refractivity contribution is 8.01. The molecule has 2 aliphatic heterocycles. The lowest BCUT2D eigenvalue weighted by molar-refractivity contribution is -0.192. The number of ether oxygens (including phenoxy) is 1. The quantitative estimate of drug-likeness (QED) is 0.131. The maximum Gasteiger partial charge on any atom is 0.490 e. The van der Waals surface area contributed by atoms with Crippen LogP contribution < -0.4 is 16.4 Å². The van der Waals surface area contributed by atoms with Gasteiger partial charge < -0.3 is 31.1 Å². The topological polar surface area (TPSA) is 269 Å². The van der Waals surface area contributed by atoms with Crippen LogP contribution in [0.5, 0.6) is 0 Å². The van der Waals surface area contributed by atoms with E-state index in [1.54, 1.807) is 19.2 Å². The molecule has 18 nitrogen and oxygen atoms in total. The van der Waals surface area contributed by atoms with Gasteiger partial charge in [-0.25, -0.2) is 19.1 Å². The zero-order valence-electron chi connectivity index (χ0n) is 23.8. The molecule has 47 heavy (non-hydrogen) atoms. The number of rotatable bonds is 11. The number of tetrazole rings is 1. The fourth-order valence-electron chi connectivity index (χ4n) is 3.80. The van der Waals surface area contributed by atoms with E-state index >= 15 is 0 Å². The molecule has 0 unspecified atom stereocenters. The maximum absolute atomic E-state index is 12.9. The van der Waals surface area contributed by atoms with Gasteiger partial charge in [-0.3, -0.25) is 24.6 Å². The van der Waals surface area contributed by atoms with Crippen molar-refractivity contribution in [2.24, 2.45) is 12.8 Å². The van der Waals surface area contributed by atoms with Crippen LogP contribution >= 0.6 is 23.5 Å². The van der Waals surface area contributed by atoms with Gasteiger partial charge >= 0.3 is 30.2 Å². The molecule has 3 amide bonds. The van der Waals surface area contributed by atoms with Crippen molar-refractivity contribution in [3.05, 3.63) is 41.1 Å². The molecule has 0 saturated carbocycles. The second-order valence-electron chi connectivity index (χ2n) is 9.43. The maximum atomic E-state index is 12.9. The predicted molar refractivity (Wildman–Crippen MR) is 154 cm³/mol. The smallest absolute Gasteiger partial charge is 0.480 e. The molecule has 23 heteroatoms. The third-order valence-corrected chi connectivity index (χ3v) is 8.48. The number of thioether (sulfide) groups is 2. The number of aromatic nitrogens is 4. The van der Waals surface area contributed by atoms with Gasteiger partial charge in [0, 0.05) is 24.2 Å². The Balaban J connectivity index is 0.000000771. The van der Waals surface area contributed by atoms with Crippen LogP contribution in [0.15, 0.2) is 40.7 Å². The lowest BCUT2D eigenvalue weighted by Crippen LogP contribution is -2.70. The molecule has 2 aliphatic rings. The van der Waals surface area contributed by atoms with Crippen LogP contribution in [0.25, 0.3) is 0 Å². The number of β-lactam (4-membered cyclic amide) rings is 1. The van der Waals surface area contributed by atoms with Gasteiger partial charge in [0.2, 0.25) is 11.1 Å². The number of carbonyl (C=O) groups excluding carboxylic acids is 3. The summed E-state index contributed by atoms with van der Waals surface area (Å²) in [6, 6.07) is 4.02. The van der Waals surface area contributed by atoms with Crippen LogP contribution in [0, 0.1) is 0 Å². The van der Waals surface area contributed by atoms with E-state index in [1.807, 2.05) is 0 Å². The largest absolute Gasteiger partial charge is 0.490 e. The highest BCUT2D eigenvalue weighted by Gasteiger charge is 2.54. The Morgan fingerprint density at radius 2 is 1.81 bits per heavy atom. The Labute approximate surface area is 269 Å². The molecule has 3 heterocycles. The fraction of sp³-hybridized carbons (Fsp3) is 0.375. The highest BCUT2D eigenvalue weighted by Crippen LogP contribution is 2.41. The van der Waals surface area contributed by atoms with Crippen molar-refractivity contribution < 1.29 is 62.0 Å². The molecule has 1 aromatic carbocycles. The van der Waals surface area contributed by atoms with Gasteiger partial charge in [-0.15, -0.1) is 16.9 Å². The molecule has 7 N–H and O–H groups in total. The van der Waals surface area contributed by atoms with Gasteiger partial charge in [-0.1, -0.05) is 23.9 Å². The number of nitrogens with one attached hydrogen (secondary N) is 2. The SMILES string of the molecule is Cn1nnnc1SCC1=C(C(=O)O)N2C(=O)[C@@H](NC(=O)Cc3ccc(NC(=O)OC[C@@H](N)C(=O)O)cc3)[C@H]2SC1.O=C(O)C(F)(F)F. The minimum atomic E-state index is -5.08. The number of halogens is 3. The highest BCUT2D eigenvalue weighted by atomic mass is 32.2. The summed E-state index contributed by atoms with van der Waals surface area (Å²) in [5.74, 6) is -5.58. The van der Waals surface area contributed by atoms with Crippen molar-refractivity contribution in [1.29, 1.82) is 0 Å². The molecule has 2 aromatic rings. The van der Waals surface area contributed by atoms with Crippen molar-refractivity contribution in [2.45, 2.75) is 35.2 Å². The summed E-state index contributed by atoms with van der Waals surface area (Å²) in [6.45, 7) is -0.499. The second-order valence-corrected chi connectivity index (χ2v) is 11.5. The van der Waals surface area contributed by atoms with Gasteiger partial charge in [0.25, 0.3) is 5.91 Å². The van der Waals surface area contributed by atoms with Crippen molar-refractivity contribution in [1.82, 2.24) is 30.4 Å². The summed E-state index contributed by atoms with van der Waals surface area (Å²) < 4.78 is 37.9. The van der Waals surface area contributed by atoms with Crippen molar-refractivity contribution >= 4 is 65.0 Å². The summed E-state index contributed by atoms with van der Waals surface area (Å²) in [4.78, 5) is 70.1. The number of carboxylic acids is 3. The monoisotopic (exact) mass is 706 g/mol. The first-order chi connectivity index (χ1) is 22.0. The zero-order chi connectivity index (χ0) is 35.1. The Morgan fingerprint density at radius 3 is 2.34 bits per heavy atom. The first-order valence-corrected chi connectivity index (χ1v) is 14.9. The van der Waals surface area contributed by atoms with E-state index in [-0.39, 0.29) is 17.9 Å². The molecule has 4 rings (SSSR count). The van der Waals surface area contributed by atoms with Gasteiger partial charge in [-0.05, 0) is 33.7 Å². The Bertz CT molecular complexity index is 1570. The number of anilines is 1. The van der Waals surface area contributed by atoms with Gasteiger partial charge in [0.15, 0.2) is 0 Å². The second kappa shape index (κ2) is 15.6. The normalized spacial score (nSPS) is 17.7. The van der Waals surface area contributed by atoms with E-state index in [2.05, 4.69) is 26.2 Å². The molecule has 1 saturated heterocycles. The minimum Gasteiger partial charge on any atom is -0.480 e. The molecule has 0 radical (unpaired) electrons. The van der Waals surface area contributed by atoms with Crippen LogP contribution in [0.2, 0.25) is 0 Å². The number of benzene rings is 1. The third kappa shape index (κ3) is 9.79. The number of aliphatic carboxylic acids is 3. The lowest BCUT2D eigenvalue weighted by atomic mass is 10.0. The van der Waals surface area contributed by atoms with Gasteiger partial charge in [-0.2, -0.15) is 13.2 Å². The van der Waals surface area contributed by atoms with E-state index in [0.29, 0.717) is 27.7 Å². The van der Waals surface area contributed by atoms with Crippen molar-refractivity contribution in [3.63, 3.8) is 0 Å². The van der Waals surface area contributed by atoms with Crippen LogP contribution in [-0.4, -0.2) is 118 Å². The number of fused-ring (bicyclic) bond motifs is 1. The van der Waals surface area contributed by atoms with E-state index in [0.717, 1.165) is 0 Å². The molecule has 1 fully saturated rings. The summed E-state index contributed by atoms with van der Waals surface area (Å²) in [7, 11) is 1.66. The van der Waals surface area contributed by atoms with E-state index in [4.69, 9.17) is 25.5 Å². The number of alkyl halides is 3. The number of carboxylic acid groups (broad SMARTS) is 3. The van der Waals surface area contributed by atoms with E-state index in [1.165, 1.54) is 45.2 Å². The zero-order valence-corrected chi connectivity index (χ0v) is 25.5. The van der Waals surface area contributed by atoms with Crippen LogP contribution in [0.4, 0.5) is 23.7 Å². The Morgan fingerprint density at radius 1 is 1.17 bits per heavy atom. The Hall–Kier alpha value is -4.90. The summed E-state index contributed by atoms with van der Waals surface area (Å²) in [6.07, 6.45) is -6.03. The molecule has 3 atom stereocenters. The lowest BCUT2D eigenvalue weighted by Gasteiger charge is -2.49. The minimum absolute atomic E-state index is 0.0609. The number of nitrogens with zero attached hydrogens (tertiary/aromatic N) is 5. The van der Waals surface area contributed by atoms with E-state index in [9.17, 15) is 42.3 Å². The van der Waals surface area contributed by atoms with Gasteiger partial charge in [0.1, 0.15) is 29.8 Å². The van der Waals surface area contributed by atoms with E-state index < -0.39 is 66.1 Å². The number of aryl methyl sites for hydroxylation is 1. The van der Waals surface area contributed by atoms with Crippen LogP contribution in [0.1, 0.15) is 5.56 Å². The molecule has 1 aromatic heterocycles. The summed E-state index contributed by atoms with van der Waals surface area (Å²) in [5.41, 5.74) is 6.68. The number of hydrogen-bond acceptors (Lipinski definition) is 13. The van der Waals surface area contributed by atoms with Crippen LogP contribution in [0.3, 0.4) is 0 Å². The first kappa shape index (κ1) is 36.6. The summed E-state index contributed by atoms with van der Waals surface area (Å²) in [5, 5.41) is 41.9. The number of nitrogens with two attached hydrogens (primary N) is 1. The first-order valence-electron chi connectivity index (χ1n) is 12.8. The number of amides is 3. The molecule has 0 spiro atoms. The molecular formula is C24H25F3N8O10S2. The average Bonchev–Trinajstić information content (AvgIpc) is 3.41. The molecule has 254 valence electrons. The fourth-order valence-corrected chi connectivity index (χ4v) is 6.13. The van der Waals surface area contributed by atoms with Crippen LogP contribution in [-0.2, 0) is 42.2 Å².